The average Bonchev–Trinajstić information content (AvgIpc) is 2.77. The van der Waals surface area contributed by atoms with Crippen molar-refractivity contribution in [1.82, 2.24) is 4.58 Å². The highest BCUT2D eigenvalue weighted by molar-refractivity contribution is 6.08. The van der Waals surface area contributed by atoms with Crippen LogP contribution in [0.15, 0.2) is 40.8 Å². The Morgan fingerprint density at radius 2 is 1.67 bits per heavy atom. The summed E-state index contributed by atoms with van der Waals surface area (Å²) in [6.07, 6.45) is 0. The average molecular weight is 455 g/mol. The van der Waals surface area contributed by atoms with Gasteiger partial charge in [-0.2, -0.15) is 0 Å². The van der Waals surface area contributed by atoms with Crippen LogP contribution in [0.25, 0.3) is 33.4 Å². The SMILES string of the molecule is Cc1c(F)c(F)c(C(=O)O)c(-c2c3ccc(=[N+](C)C)cc-3oc3cc(N(C)C)ccc23)c1F. The van der Waals surface area contributed by atoms with Crippen molar-refractivity contribution in [2.24, 2.45) is 0 Å². The molecule has 0 atom stereocenters. The molecule has 0 bridgehead atoms. The minimum Gasteiger partial charge on any atom is -0.478 e. The van der Waals surface area contributed by atoms with E-state index in [4.69, 9.17) is 4.42 Å². The molecule has 33 heavy (non-hydrogen) atoms. The molecule has 0 unspecified atom stereocenters. The van der Waals surface area contributed by atoms with Crippen molar-refractivity contribution in [2.45, 2.75) is 6.92 Å². The number of anilines is 1. The molecule has 4 rings (SSSR count). The van der Waals surface area contributed by atoms with Gasteiger partial charge in [0.05, 0.1) is 6.07 Å². The predicted octanol–water partition coefficient (Wildman–Crippen LogP) is 4.73. The molecule has 5 nitrogen and oxygen atoms in total. The molecule has 2 aromatic rings. The van der Waals surface area contributed by atoms with Gasteiger partial charge in [-0.25, -0.2) is 22.5 Å². The number of rotatable bonds is 3. The first-order valence-corrected chi connectivity index (χ1v) is 10.1. The Morgan fingerprint density at radius 3 is 2.27 bits per heavy atom. The van der Waals surface area contributed by atoms with Crippen LogP contribution in [-0.2, 0) is 0 Å². The van der Waals surface area contributed by atoms with Gasteiger partial charge < -0.3 is 14.4 Å². The van der Waals surface area contributed by atoms with Gasteiger partial charge >= 0.3 is 5.97 Å². The fraction of sp³-hybridized carbons (Fsp3) is 0.200. The standard InChI is InChI=1S/C25H21F3N2O3/c1-12-22(26)20(21(25(31)32)24(28)23(12)27)19-15-8-6-13(29(2)3)10-17(15)33-18-11-14(30(4)5)7-9-16(18)19/h6-11H,1-5H3/p+1. The maximum Gasteiger partial charge on any atom is 0.339 e. The fourth-order valence-corrected chi connectivity index (χ4v) is 3.91. The molecule has 0 fully saturated rings. The highest BCUT2D eigenvalue weighted by Gasteiger charge is 2.31. The number of hydrogen-bond donors (Lipinski definition) is 1. The maximum absolute atomic E-state index is 15.5. The molecule has 0 spiro atoms. The van der Waals surface area contributed by atoms with E-state index in [2.05, 4.69) is 0 Å². The summed E-state index contributed by atoms with van der Waals surface area (Å²) in [4.78, 5) is 13.8. The quantitative estimate of drug-likeness (QED) is 0.276. The fourth-order valence-electron chi connectivity index (χ4n) is 3.91. The zero-order valence-electron chi connectivity index (χ0n) is 18.8. The first-order chi connectivity index (χ1) is 15.5. The van der Waals surface area contributed by atoms with Gasteiger partial charge in [-0.05, 0) is 25.1 Å². The molecule has 0 radical (unpaired) electrons. The number of benzene rings is 3. The number of fused-ring (bicyclic) bond motifs is 2. The zero-order valence-corrected chi connectivity index (χ0v) is 18.8. The summed E-state index contributed by atoms with van der Waals surface area (Å²) in [6.45, 7) is 1.08. The van der Waals surface area contributed by atoms with Crippen LogP contribution in [0, 0.1) is 24.4 Å². The molecule has 1 heterocycles. The Kier molecular flexibility index (Phi) is 5.40. The van der Waals surface area contributed by atoms with Gasteiger partial charge in [0.25, 0.3) is 0 Å². The van der Waals surface area contributed by atoms with Crippen LogP contribution in [0.3, 0.4) is 0 Å². The van der Waals surface area contributed by atoms with Crippen molar-refractivity contribution in [3.05, 3.63) is 70.3 Å². The maximum atomic E-state index is 15.5. The molecule has 170 valence electrons. The van der Waals surface area contributed by atoms with E-state index in [0.717, 1.165) is 18.0 Å². The first kappa shape index (κ1) is 22.4. The van der Waals surface area contributed by atoms with E-state index in [1.165, 1.54) is 0 Å². The smallest absolute Gasteiger partial charge is 0.339 e. The number of nitrogens with zero attached hydrogens (tertiary/aromatic N) is 2. The van der Waals surface area contributed by atoms with Crippen molar-refractivity contribution < 1.29 is 27.5 Å². The lowest BCUT2D eigenvalue weighted by atomic mass is 9.88. The number of halogens is 3. The number of carboxylic acid groups (broad SMARTS) is 1. The lowest BCUT2D eigenvalue weighted by molar-refractivity contribution is 0.0691. The van der Waals surface area contributed by atoms with Crippen molar-refractivity contribution in [1.29, 1.82) is 0 Å². The Balaban J connectivity index is 2.29. The number of carboxylic acids is 1. The molecule has 1 aliphatic heterocycles. The van der Waals surface area contributed by atoms with E-state index in [9.17, 15) is 18.7 Å². The third kappa shape index (κ3) is 3.51. The summed E-state index contributed by atoms with van der Waals surface area (Å²) in [5.74, 6) is -5.68. The van der Waals surface area contributed by atoms with Gasteiger partial charge in [-0.1, -0.05) is 0 Å². The largest absolute Gasteiger partial charge is 0.478 e. The Labute approximate surface area is 188 Å². The summed E-state index contributed by atoms with van der Waals surface area (Å²) < 4.78 is 52.6. The van der Waals surface area contributed by atoms with E-state index in [0.29, 0.717) is 22.3 Å². The van der Waals surface area contributed by atoms with Gasteiger partial charge in [0.2, 0.25) is 5.36 Å². The van der Waals surface area contributed by atoms with Gasteiger partial charge in [-0.3, -0.25) is 0 Å². The Hall–Kier alpha value is -3.81. The summed E-state index contributed by atoms with van der Waals surface area (Å²) >= 11 is 0. The normalized spacial score (nSPS) is 11.3. The Morgan fingerprint density at radius 1 is 0.970 bits per heavy atom. The van der Waals surface area contributed by atoms with Crippen molar-refractivity contribution >= 4 is 22.6 Å². The number of hydrogen-bond acceptors (Lipinski definition) is 3. The third-order valence-electron chi connectivity index (χ3n) is 5.73. The summed E-state index contributed by atoms with van der Waals surface area (Å²) in [5, 5.41) is 10.9. The van der Waals surface area contributed by atoms with Crippen molar-refractivity contribution in [2.75, 3.05) is 33.1 Å². The van der Waals surface area contributed by atoms with Gasteiger partial charge in [0.15, 0.2) is 11.6 Å². The van der Waals surface area contributed by atoms with Gasteiger partial charge in [-0.15, -0.1) is 0 Å². The minimum absolute atomic E-state index is 0.124. The number of aromatic carboxylic acids is 1. The van der Waals surface area contributed by atoms with Crippen LogP contribution in [-0.4, -0.2) is 39.3 Å². The second-order valence-corrected chi connectivity index (χ2v) is 8.25. The zero-order chi connectivity index (χ0) is 24.2. The summed E-state index contributed by atoms with van der Waals surface area (Å²) in [5.41, 5.74) is -0.531. The predicted molar refractivity (Wildman–Crippen MR) is 121 cm³/mol. The second-order valence-electron chi connectivity index (χ2n) is 8.25. The molecule has 1 N–H and O–H groups in total. The van der Waals surface area contributed by atoms with Crippen molar-refractivity contribution in [3.63, 3.8) is 0 Å². The van der Waals surface area contributed by atoms with Crippen LogP contribution in [0.5, 0.6) is 0 Å². The molecule has 2 aliphatic rings. The van der Waals surface area contributed by atoms with Crippen LogP contribution in [0.1, 0.15) is 15.9 Å². The monoisotopic (exact) mass is 455 g/mol. The summed E-state index contributed by atoms with van der Waals surface area (Å²) in [6, 6.07) is 10.3. The molecular formula is C25H22F3N2O3+. The lowest BCUT2D eigenvalue weighted by Gasteiger charge is -2.20. The molecule has 1 aliphatic carbocycles. The van der Waals surface area contributed by atoms with Crippen LogP contribution < -0.4 is 14.8 Å². The molecule has 0 aromatic heterocycles. The Bertz CT molecular complexity index is 1490. The topological polar surface area (TPSA) is 56.7 Å². The first-order valence-electron chi connectivity index (χ1n) is 10.1. The third-order valence-corrected chi connectivity index (χ3v) is 5.73. The second kappa shape index (κ2) is 7.95. The minimum atomic E-state index is -1.77. The molecule has 2 aromatic carbocycles. The highest BCUT2D eigenvalue weighted by Crippen LogP contribution is 2.44. The van der Waals surface area contributed by atoms with E-state index < -0.39 is 40.1 Å². The van der Waals surface area contributed by atoms with E-state index >= 15 is 4.39 Å². The molecule has 8 heteroatoms. The summed E-state index contributed by atoms with van der Waals surface area (Å²) in [7, 11) is 7.37. The van der Waals surface area contributed by atoms with Crippen LogP contribution in [0.2, 0.25) is 0 Å². The molecule has 0 amide bonds. The van der Waals surface area contributed by atoms with Gasteiger partial charge in [0.1, 0.15) is 36.8 Å². The van der Waals surface area contributed by atoms with Crippen LogP contribution >= 0.6 is 0 Å². The van der Waals surface area contributed by atoms with Gasteiger partial charge in [0, 0.05) is 59.6 Å². The number of carbonyl (C=O) groups is 1. The van der Waals surface area contributed by atoms with E-state index in [1.807, 2.05) is 37.7 Å². The molecule has 0 saturated heterocycles. The van der Waals surface area contributed by atoms with Crippen LogP contribution in [0.4, 0.5) is 18.9 Å². The van der Waals surface area contributed by atoms with E-state index in [-0.39, 0.29) is 5.56 Å². The van der Waals surface area contributed by atoms with E-state index in [1.54, 1.807) is 36.4 Å². The molecule has 0 saturated carbocycles. The highest BCUT2D eigenvalue weighted by atomic mass is 19.2. The lowest BCUT2D eigenvalue weighted by Crippen LogP contribution is -2.21. The molecular weight excluding hydrogens is 433 g/mol. The van der Waals surface area contributed by atoms with Crippen molar-refractivity contribution in [3.8, 4) is 22.5 Å².